The van der Waals surface area contributed by atoms with E-state index < -0.39 is 10.9 Å². The number of nitro groups is 1. The van der Waals surface area contributed by atoms with Gasteiger partial charge in [0.05, 0.1) is 27.3 Å². The monoisotopic (exact) mass is 311 g/mol. The van der Waals surface area contributed by atoms with Gasteiger partial charge in [-0.05, 0) is 12.5 Å². The molecule has 4 rings (SSSR count). The molecule has 0 atom stereocenters. The van der Waals surface area contributed by atoms with E-state index in [4.69, 9.17) is 9.26 Å². The molecule has 0 amide bonds. The number of non-ortho nitro benzene ring substituents is 1. The van der Waals surface area contributed by atoms with Gasteiger partial charge in [0.25, 0.3) is 11.4 Å². The fraction of sp³-hybridized carbons (Fsp3) is 0.133. The van der Waals surface area contributed by atoms with Crippen molar-refractivity contribution in [2.75, 3.05) is 0 Å². The maximum atomic E-state index is 12.1. The zero-order valence-electron chi connectivity index (χ0n) is 11.9. The van der Waals surface area contributed by atoms with Crippen molar-refractivity contribution in [2.24, 2.45) is 0 Å². The highest BCUT2D eigenvalue weighted by Gasteiger charge is 2.31. The molecule has 3 aromatic rings. The number of aryl methyl sites for hydroxylation is 1. The highest BCUT2D eigenvalue weighted by atomic mass is 16.6. The summed E-state index contributed by atoms with van der Waals surface area (Å²) in [6.45, 7) is 1.77. The van der Waals surface area contributed by atoms with Gasteiger partial charge in [0.15, 0.2) is 0 Å². The Hall–Kier alpha value is -3.29. The Labute approximate surface area is 128 Å². The number of cyclic esters (lactones) is 1. The average molecular weight is 311 g/mol. The van der Waals surface area contributed by atoms with Crippen molar-refractivity contribution in [3.05, 3.63) is 51.3 Å². The van der Waals surface area contributed by atoms with Crippen LogP contribution in [0.1, 0.15) is 21.7 Å². The number of ether oxygens (including phenoxy) is 1. The van der Waals surface area contributed by atoms with E-state index in [1.807, 2.05) is 0 Å². The first kappa shape index (κ1) is 13.4. The molecule has 0 radical (unpaired) electrons. The number of benzene rings is 1. The van der Waals surface area contributed by atoms with E-state index in [9.17, 15) is 14.9 Å². The molecule has 1 aliphatic heterocycles. The lowest BCUT2D eigenvalue weighted by Crippen LogP contribution is -2.00. The normalized spacial score (nSPS) is 13.2. The minimum Gasteiger partial charge on any atom is -0.455 e. The molecule has 8 nitrogen and oxygen atoms in total. The number of pyridine rings is 1. The van der Waals surface area contributed by atoms with Crippen LogP contribution in [0.2, 0.25) is 0 Å². The first-order valence-corrected chi connectivity index (χ1v) is 6.77. The molecule has 0 fully saturated rings. The van der Waals surface area contributed by atoms with E-state index in [1.165, 1.54) is 12.1 Å². The van der Waals surface area contributed by atoms with Crippen LogP contribution in [-0.2, 0) is 11.3 Å². The number of carbonyl (C=O) groups excluding carboxylic acids is 1. The fourth-order valence-electron chi connectivity index (χ4n) is 2.76. The van der Waals surface area contributed by atoms with Crippen molar-refractivity contribution < 1.29 is 19.0 Å². The second kappa shape index (κ2) is 4.60. The molecular weight excluding hydrogens is 302 g/mol. The SMILES string of the molecule is Cc1noc2nc3c(c(-c4cccc([N+](=O)[O-])c4)c12)C(=O)OC3. The van der Waals surface area contributed by atoms with Gasteiger partial charge < -0.3 is 9.26 Å². The molecular formula is C15H9N3O5. The van der Waals surface area contributed by atoms with Gasteiger partial charge in [-0.15, -0.1) is 0 Å². The number of carbonyl (C=O) groups is 1. The van der Waals surface area contributed by atoms with Crippen molar-refractivity contribution in [3.63, 3.8) is 0 Å². The predicted molar refractivity (Wildman–Crippen MR) is 77.8 cm³/mol. The molecule has 0 saturated carbocycles. The maximum absolute atomic E-state index is 12.1. The van der Waals surface area contributed by atoms with Crippen LogP contribution in [0.4, 0.5) is 5.69 Å². The van der Waals surface area contributed by atoms with E-state index in [-0.39, 0.29) is 18.0 Å². The third-order valence-corrected chi connectivity index (χ3v) is 3.76. The van der Waals surface area contributed by atoms with Crippen LogP contribution >= 0.6 is 0 Å². The Kier molecular flexibility index (Phi) is 2.68. The lowest BCUT2D eigenvalue weighted by atomic mass is 9.95. The molecule has 1 aromatic carbocycles. The first-order chi connectivity index (χ1) is 11.1. The van der Waals surface area contributed by atoms with Crippen molar-refractivity contribution in [3.8, 4) is 11.1 Å². The van der Waals surface area contributed by atoms with Crippen LogP contribution < -0.4 is 0 Å². The van der Waals surface area contributed by atoms with E-state index in [2.05, 4.69) is 10.1 Å². The van der Waals surface area contributed by atoms with Crippen molar-refractivity contribution >= 4 is 22.8 Å². The van der Waals surface area contributed by atoms with Crippen LogP contribution in [-0.4, -0.2) is 21.0 Å². The quantitative estimate of drug-likeness (QED) is 0.406. The van der Waals surface area contributed by atoms with Crippen molar-refractivity contribution in [1.82, 2.24) is 10.1 Å². The first-order valence-electron chi connectivity index (χ1n) is 6.77. The van der Waals surface area contributed by atoms with Crippen LogP contribution in [0.3, 0.4) is 0 Å². The molecule has 0 spiro atoms. The molecule has 114 valence electrons. The predicted octanol–water partition coefficient (Wildman–Crippen LogP) is 2.78. The summed E-state index contributed by atoms with van der Waals surface area (Å²) >= 11 is 0. The Morgan fingerprint density at radius 2 is 2.13 bits per heavy atom. The molecule has 3 heterocycles. The van der Waals surface area contributed by atoms with Crippen molar-refractivity contribution in [1.29, 1.82) is 0 Å². The minimum absolute atomic E-state index is 0.0474. The van der Waals surface area contributed by atoms with Gasteiger partial charge in [-0.1, -0.05) is 17.3 Å². The van der Waals surface area contributed by atoms with Gasteiger partial charge in [0.2, 0.25) is 0 Å². The summed E-state index contributed by atoms with van der Waals surface area (Å²) in [7, 11) is 0. The Morgan fingerprint density at radius 1 is 1.30 bits per heavy atom. The third-order valence-electron chi connectivity index (χ3n) is 3.76. The molecule has 1 aliphatic rings. The van der Waals surface area contributed by atoms with E-state index >= 15 is 0 Å². The largest absolute Gasteiger partial charge is 0.455 e. The van der Waals surface area contributed by atoms with E-state index in [0.717, 1.165) is 0 Å². The lowest BCUT2D eigenvalue weighted by Gasteiger charge is -2.07. The van der Waals surface area contributed by atoms with Gasteiger partial charge in [-0.25, -0.2) is 9.78 Å². The summed E-state index contributed by atoms with van der Waals surface area (Å²) in [5.74, 6) is -0.503. The van der Waals surface area contributed by atoms with Gasteiger partial charge in [-0.3, -0.25) is 10.1 Å². The molecule has 0 bridgehead atoms. The third kappa shape index (κ3) is 1.88. The molecule has 0 N–H and O–H groups in total. The Balaban J connectivity index is 2.12. The molecule has 2 aromatic heterocycles. The molecule has 0 aliphatic carbocycles. The summed E-state index contributed by atoms with van der Waals surface area (Å²) in [6, 6.07) is 6.06. The number of rotatable bonds is 2. The molecule has 8 heteroatoms. The van der Waals surface area contributed by atoms with Crippen molar-refractivity contribution in [2.45, 2.75) is 13.5 Å². The number of hydrogen-bond acceptors (Lipinski definition) is 7. The summed E-state index contributed by atoms with van der Waals surface area (Å²) in [5, 5.41) is 15.5. The smallest absolute Gasteiger partial charge is 0.341 e. The van der Waals surface area contributed by atoms with Gasteiger partial charge in [0.1, 0.15) is 6.61 Å². The number of nitro benzene ring substituents is 1. The van der Waals surface area contributed by atoms with Gasteiger partial charge in [-0.2, -0.15) is 0 Å². The minimum atomic E-state index is -0.503. The number of hydrogen-bond donors (Lipinski definition) is 0. The highest BCUT2D eigenvalue weighted by Crippen LogP contribution is 2.38. The summed E-state index contributed by atoms with van der Waals surface area (Å²) in [5.41, 5.74) is 2.55. The van der Waals surface area contributed by atoms with Crippen LogP contribution in [0.15, 0.2) is 28.8 Å². The number of esters is 1. The topological polar surface area (TPSA) is 108 Å². The highest BCUT2D eigenvalue weighted by molar-refractivity contribution is 6.08. The zero-order chi connectivity index (χ0) is 16.1. The summed E-state index contributed by atoms with van der Waals surface area (Å²) in [6.07, 6.45) is 0. The Bertz CT molecular complexity index is 992. The van der Waals surface area contributed by atoms with Crippen LogP contribution in [0.5, 0.6) is 0 Å². The molecule has 0 saturated heterocycles. The van der Waals surface area contributed by atoms with E-state index in [0.29, 0.717) is 33.5 Å². The molecule has 23 heavy (non-hydrogen) atoms. The average Bonchev–Trinajstić information content (AvgIpc) is 3.10. The van der Waals surface area contributed by atoms with Gasteiger partial charge in [0, 0.05) is 17.7 Å². The summed E-state index contributed by atoms with van der Waals surface area (Å²) in [4.78, 5) is 26.9. The lowest BCUT2D eigenvalue weighted by molar-refractivity contribution is -0.384. The fourth-order valence-corrected chi connectivity index (χ4v) is 2.76. The van der Waals surface area contributed by atoms with Crippen LogP contribution in [0.25, 0.3) is 22.2 Å². The zero-order valence-corrected chi connectivity index (χ0v) is 11.9. The Morgan fingerprint density at radius 3 is 2.91 bits per heavy atom. The molecule has 0 unspecified atom stereocenters. The van der Waals surface area contributed by atoms with Gasteiger partial charge >= 0.3 is 5.97 Å². The number of fused-ring (bicyclic) bond motifs is 2. The second-order valence-corrected chi connectivity index (χ2v) is 5.14. The summed E-state index contributed by atoms with van der Waals surface area (Å²) < 4.78 is 10.2. The number of aromatic nitrogens is 2. The standard InChI is InChI=1S/C15H9N3O5/c1-7-11-12(8-3-2-4-9(5-8)18(20)21)13-10(6-22-15(13)19)16-14(11)23-17-7/h2-5H,6H2,1H3. The maximum Gasteiger partial charge on any atom is 0.341 e. The van der Waals surface area contributed by atoms with Crippen LogP contribution in [0, 0.1) is 17.0 Å². The van der Waals surface area contributed by atoms with E-state index in [1.54, 1.807) is 19.1 Å². The second-order valence-electron chi connectivity index (χ2n) is 5.14. The number of nitrogens with zero attached hydrogens (tertiary/aromatic N) is 3.